The van der Waals surface area contributed by atoms with Gasteiger partial charge in [-0.3, -0.25) is 19.2 Å². The Balaban J connectivity index is 2.68. The molecule has 0 saturated carbocycles. The highest BCUT2D eigenvalue weighted by atomic mass is 32.2. The molecule has 0 aromatic rings. The molecule has 1 aliphatic heterocycles. The first kappa shape index (κ1) is 24.7. The molecule has 0 radical (unpaired) electrons. The summed E-state index contributed by atoms with van der Waals surface area (Å²) < 4.78 is 0. The van der Waals surface area contributed by atoms with Gasteiger partial charge in [0, 0.05) is 6.54 Å². The van der Waals surface area contributed by atoms with Gasteiger partial charge in [-0.2, -0.15) is 11.8 Å². The van der Waals surface area contributed by atoms with E-state index in [4.69, 9.17) is 11.5 Å². The van der Waals surface area contributed by atoms with Crippen molar-refractivity contribution >= 4 is 41.4 Å². The van der Waals surface area contributed by atoms with Crippen LogP contribution < -0.4 is 22.1 Å². The standard InChI is InChI=1S/C17H29N5O6S/c1-9(14(24)21-11(17(27)28)5-7-29-2)20-15(25)12-4-3-6-22(12)16(26)10(18)8-13(19)23/h9-12H,3-8,18H2,1-2H3,(H2,19,23)(H,20,25)(H,21,24)(H,27,28). The minimum Gasteiger partial charge on any atom is -0.480 e. The van der Waals surface area contributed by atoms with Gasteiger partial charge in [-0.25, -0.2) is 4.79 Å². The van der Waals surface area contributed by atoms with Crippen LogP contribution >= 0.6 is 11.8 Å². The van der Waals surface area contributed by atoms with Crippen molar-refractivity contribution in [2.45, 2.75) is 56.8 Å². The van der Waals surface area contributed by atoms with Gasteiger partial charge < -0.3 is 32.1 Å². The van der Waals surface area contributed by atoms with Crippen molar-refractivity contribution in [1.29, 1.82) is 0 Å². The molecule has 164 valence electrons. The van der Waals surface area contributed by atoms with E-state index >= 15 is 0 Å². The first-order valence-corrected chi connectivity index (χ1v) is 10.6. The minimum atomic E-state index is -1.15. The van der Waals surface area contributed by atoms with Crippen LogP contribution in [0.25, 0.3) is 0 Å². The molecule has 0 aliphatic carbocycles. The number of nitrogens with one attached hydrogen (secondary N) is 2. The minimum absolute atomic E-state index is 0.256. The molecule has 1 fully saturated rings. The number of thioether (sulfide) groups is 1. The van der Waals surface area contributed by atoms with Gasteiger partial charge in [0.15, 0.2) is 0 Å². The van der Waals surface area contributed by atoms with E-state index in [0.717, 1.165) is 0 Å². The summed E-state index contributed by atoms with van der Waals surface area (Å²) >= 11 is 1.46. The topological polar surface area (TPSA) is 185 Å². The SMILES string of the molecule is CSCCC(NC(=O)C(C)NC(=O)C1CCCN1C(=O)C(N)CC(N)=O)C(=O)O. The zero-order valence-electron chi connectivity index (χ0n) is 16.6. The highest BCUT2D eigenvalue weighted by Gasteiger charge is 2.37. The van der Waals surface area contributed by atoms with Gasteiger partial charge in [0.2, 0.25) is 23.6 Å². The second kappa shape index (κ2) is 11.6. The molecule has 1 heterocycles. The predicted molar refractivity (Wildman–Crippen MR) is 107 cm³/mol. The number of hydrogen-bond acceptors (Lipinski definition) is 7. The van der Waals surface area contributed by atoms with E-state index in [1.54, 1.807) is 0 Å². The van der Waals surface area contributed by atoms with Crippen LogP contribution in [0, 0.1) is 0 Å². The number of carboxylic acid groups (broad SMARTS) is 1. The summed E-state index contributed by atoms with van der Waals surface area (Å²) in [4.78, 5) is 60.8. The summed E-state index contributed by atoms with van der Waals surface area (Å²) in [6.07, 6.45) is 2.72. The molecule has 4 atom stereocenters. The zero-order valence-corrected chi connectivity index (χ0v) is 17.4. The van der Waals surface area contributed by atoms with Crippen molar-refractivity contribution in [3.05, 3.63) is 0 Å². The maximum absolute atomic E-state index is 12.6. The summed E-state index contributed by atoms with van der Waals surface area (Å²) in [5.41, 5.74) is 10.7. The van der Waals surface area contributed by atoms with Crippen molar-refractivity contribution in [1.82, 2.24) is 15.5 Å². The molecule has 7 N–H and O–H groups in total. The third kappa shape index (κ3) is 7.54. The Morgan fingerprint density at radius 1 is 1.24 bits per heavy atom. The normalized spacial score (nSPS) is 19.1. The average molecular weight is 432 g/mol. The third-order valence-electron chi connectivity index (χ3n) is 4.55. The van der Waals surface area contributed by atoms with Crippen LogP contribution in [0.5, 0.6) is 0 Å². The van der Waals surface area contributed by atoms with E-state index in [1.807, 2.05) is 6.26 Å². The monoisotopic (exact) mass is 431 g/mol. The summed E-state index contributed by atoms with van der Waals surface area (Å²) in [7, 11) is 0. The van der Waals surface area contributed by atoms with Crippen LogP contribution in [0.1, 0.15) is 32.6 Å². The number of primary amides is 1. The van der Waals surface area contributed by atoms with E-state index in [0.29, 0.717) is 25.1 Å². The van der Waals surface area contributed by atoms with Crippen molar-refractivity contribution in [2.24, 2.45) is 11.5 Å². The number of nitrogens with zero attached hydrogens (tertiary/aromatic N) is 1. The molecule has 1 aliphatic rings. The van der Waals surface area contributed by atoms with E-state index < -0.39 is 53.8 Å². The van der Waals surface area contributed by atoms with Crippen LogP contribution in [0.2, 0.25) is 0 Å². The highest BCUT2D eigenvalue weighted by molar-refractivity contribution is 7.98. The predicted octanol–water partition coefficient (Wildman–Crippen LogP) is -1.99. The Morgan fingerprint density at radius 2 is 1.90 bits per heavy atom. The number of carbonyl (C=O) groups excluding carboxylic acids is 4. The Hall–Kier alpha value is -2.34. The lowest BCUT2D eigenvalue weighted by atomic mass is 10.1. The van der Waals surface area contributed by atoms with Gasteiger partial charge in [-0.15, -0.1) is 0 Å². The molecule has 4 unspecified atom stereocenters. The van der Waals surface area contributed by atoms with Gasteiger partial charge in [-0.1, -0.05) is 0 Å². The number of nitrogens with two attached hydrogens (primary N) is 2. The van der Waals surface area contributed by atoms with Gasteiger partial charge in [0.25, 0.3) is 0 Å². The molecule has 0 bridgehead atoms. The first-order valence-electron chi connectivity index (χ1n) is 9.25. The van der Waals surface area contributed by atoms with E-state index in [9.17, 15) is 29.1 Å². The highest BCUT2D eigenvalue weighted by Crippen LogP contribution is 2.19. The number of carbonyl (C=O) groups is 5. The quantitative estimate of drug-likeness (QED) is 0.249. The summed E-state index contributed by atoms with van der Waals surface area (Å²) in [6, 6.07) is -3.99. The molecular weight excluding hydrogens is 402 g/mol. The fourth-order valence-electron chi connectivity index (χ4n) is 2.99. The maximum Gasteiger partial charge on any atom is 0.326 e. The third-order valence-corrected chi connectivity index (χ3v) is 5.20. The molecule has 29 heavy (non-hydrogen) atoms. The van der Waals surface area contributed by atoms with Crippen molar-refractivity contribution in [2.75, 3.05) is 18.6 Å². The number of carboxylic acids is 1. The molecule has 12 heteroatoms. The van der Waals surface area contributed by atoms with E-state index in [2.05, 4.69) is 10.6 Å². The molecule has 0 aromatic heterocycles. The Labute approximate surface area is 173 Å². The van der Waals surface area contributed by atoms with Crippen molar-refractivity contribution in [3.8, 4) is 0 Å². The van der Waals surface area contributed by atoms with Crippen molar-refractivity contribution in [3.63, 3.8) is 0 Å². The number of amides is 4. The largest absolute Gasteiger partial charge is 0.480 e. The molecule has 4 amide bonds. The second-order valence-electron chi connectivity index (χ2n) is 6.88. The molecular formula is C17H29N5O6S. The van der Waals surface area contributed by atoms with Crippen LogP contribution in [-0.2, 0) is 24.0 Å². The van der Waals surface area contributed by atoms with Crippen molar-refractivity contribution < 1.29 is 29.1 Å². The zero-order chi connectivity index (χ0) is 22.1. The number of likely N-dealkylation sites (tertiary alicyclic amines) is 1. The number of rotatable bonds is 11. The summed E-state index contributed by atoms with van der Waals surface area (Å²) in [5.74, 6) is -3.04. The van der Waals surface area contributed by atoms with Crippen LogP contribution in [0.4, 0.5) is 0 Å². The first-order chi connectivity index (χ1) is 13.6. The van der Waals surface area contributed by atoms with Gasteiger partial charge in [0.1, 0.15) is 18.1 Å². The molecule has 0 spiro atoms. The van der Waals surface area contributed by atoms with E-state index in [1.165, 1.54) is 23.6 Å². The summed E-state index contributed by atoms with van der Waals surface area (Å²) in [5, 5.41) is 14.1. The van der Waals surface area contributed by atoms with Gasteiger partial charge in [-0.05, 0) is 38.2 Å². The smallest absolute Gasteiger partial charge is 0.326 e. The lowest BCUT2D eigenvalue weighted by molar-refractivity contribution is -0.143. The fraction of sp³-hybridized carbons (Fsp3) is 0.706. The fourth-order valence-corrected chi connectivity index (χ4v) is 3.46. The van der Waals surface area contributed by atoms with E-state index in [-0.39, 0.29) is 12.8 Å². The van der Waals surface area contributed by atoms with Crippen LogP contribution in [0.15, 0.2) is 0 Å². The average Bonchev–Trinajstić information content (AvgIpc) is 3.13. The molecule has 0 aromatic carbocycles. The van der Waals surface area contributed by atoms with Crippen LogP contribution in [-0.4, -0.2) is 82.3 Å². The molecule has 1 saturated heterocycles. The Morgan fingerprint density at radius 3 is 2.45 bits per heavy atom. The number of hydrogen-bond donors (Lipinski definition) is 5. The Bertz CT molecular complexity index is 646. The lowest BCUT2D eigenvalue weighted by Crippen LogP contribution is -2.56. The second-order valence-corrected chi connectivity index (χ2v) is 7.86. The van der Waals surface area contributed by atoms with Gasteiger partial charge >= 0.3 is 5.97 Å². The number of aliphatic carboxylic acids is 1. The van der Waals surface area contributed by atoms with Gasteiger partial charge in [0.05, 0.1) is 12.5 Å². The summed E-state index contributed by atoms with van der Waals surface area (Å²) in [6.45, 7) is 1.74. The Kier molecular flexibility index (Phi) is 9.89. The maximum atomic E-state index is 12.6. The van der Waals surface area contributed by atoms with Crippen LogP contribution in [0.3, 0.4) is 0 Å². The molecule has 1 rings (SSSR count). The molecule has 11 nitrogen and oxygen atoms in total. The lowest BCUT2D eigenvalue weighted by Gasteiger charge is -2.27.